The molecule has 6 nitrogen and oxygen atoms in total. The van der Waals surface area contributed by atoms with E-state index in [0.717, 1.165) is 31.5 Å². The first-order chi connectivity index (χ1) is 13.5. The molecule has 0 bridgehead atoms. The van der Waals surface area contributed by atoms with E-state index in [1.807, 2.05) is 37.3 Å². The average molecular weight is 402 g/mol. The quantitative estimate of drug-likeness (QED) is 0.549. The standard InChI is InChI=1S/C21H24ClN3O3/c1-15-18(20(22)25(23-15)14-17-8-4-3-5-9-17)10-11-19(26)28-16(2)21(27)24-12-6-7-13-24/h3-5,8-11,16H,6-7,12-14H2,1-2H3. The van der Waals surface area contributed by atoms with E-state index >= 15 is 0 Å². The number of likely N-dealkylation sites (tertiary alicyclic amines) is 1. The third-order valence-corrected chi connectivity index (χ3v) is 5.13. The largest absolute Gasteiger partial charge is 0.449 e. The van der Waals surface area contributed by atoms with Gasteiger partial charge in [-0.1, -0.05) is 41.9 Å². The Morgan fingerprint density at radius 2 is 1.93 bits per heavy atom. The van der Waals surface area contributed by atoms with Gasteiger partial charge in [0, 0.05) is 24.7 Å². The van der Waals surface area contributed by atoms with E-state index < -0.39 is 12.1 Å². The number of nitrogens with zero attached hydrogens (tertiary/aromatic N) is 3. The van der Waals surface area contributed by atoms with E-state index in [-0.39, 0.29) is 5.91 Å². The Labute approximate surface area is 169 Å². The summed E-state index contributed by atoms with van der Waals surface area (Å²) in [6.45, 7) is 5.43. The van der Waals surface area contributed by atoms with Crippen molar-refractivity contribution in [2.45, 2.75) is 39.3 Å². The predicted molar refractivity (Wildman–Crippen MR) is 108 cm³/mol. The average Bonchev–Trinajstić information content (AvgIpc) is 3.30. The van der Waals surface area contributed by atoms with Crippen molar-refractivity contribution in [3.63, 3.8) is 0 Å². The molecule has 1 aliphatic heterocycles. The number of benzene rings is 1. The van der Waals surface area contributed by atoms with Crippen molar-refractivity contribution in [1.82, 2.24) is 14.7 Å². The maximum absolute atomic E-state index is 12.2. The zero-order chi connectivity index (χ0) is 20.1. The third-order valence-electron chi connectivity index (χ3n) is 4.73. The molecule has 1 fully saturated rings. The monoisotopic (exact) mass is 401 g/mol. The number of amides is 1. The van der Waals surface area contributed by atoms with Gasteiger partial charge in [-0.3, -0.25) is 4.79 Å². The van der Waals surface area contributed by atoms with Crippen LogP contribution in [0.5, 0.6) is 0 Å². The molecular formula is C21H24ClN3O3. The second-order valence-corrected chi connectivity index (χ2v) is 7.24. The lowest BCUT2D eigenvalue weighted by Crippen LogP contribution is -2.37. The first-order valence-corrected chi connectivity index (χ1v) is 9.78. The van der Waals surface area contributed by atoms with Crippen LogP contribution in [0.4, 0.5) is 0 Å². The Kier molecular flexibility index (Phi) is 6.52. The molecule has 1 aliphatic rings. The number of rotatable bonds is 6. The summed E-state index contributed by atoms with van der Waals surface area (Å²) in [5.74, 6) is -0.726. The smallest absolute Gasteiger partial charge is 0.331 e. The van der Waals surface area contributed by atoms with E-state index in [4.69, 9.17) is 16.3 Å². The highest BCUT2D eigenvalue weighted by Gasteiger charge is 2.25. The van der Waals surface area contributed by atoms with Gasteiger partial charge in [-0.25, -0.2) is 9.48 Å². The van der Waals surface area contributed by atoms with Crippen molar-refractivity contribution in [3.05, 3.63) is 58.4 Å². The van der Waals surface area contributed by atoms with Crippen LogP contribution in [0.25, 0.3) is 6.08 Å². The molecule has 2 heterocycles. The Hall–Kier alpha value is -2.60. The molecule has 0 radical (unpaired) electrons. The summed E-state index contributed by atoms with van der Waals surface area (Å²) in [5, 5.41) is 4.90. The number of carbonyl (C=O) groups excluding carboxylic acids is 2. The summed E-state index contributed by atoms with van der Waals surface area (Å²) in [5.41, 5.74) is 2.45. The predicted octanol–water partition coefficient (Wildman–Crippen LogP) is 3.46. The van der Waals surface area contributed by atoms with E-state index in [9.17, 15) is 9.59 Å². The van der Waals surface area contributed by atoms with E-state index in [1.165, 1.54) is 6.08 Å². The van der Waals surface area contributed by atoms with Crippen LogP contribution in [0.15, 0.2) is 36.4 Å². The summed E-state index contributed by atoms with van der Waals surface area (Å²) in [4.78, 5) is 26.1. The fourth-order valence-corrected chi connectivity index (χ4v) is 3.52. The molecule has 0 N–H and O–H groups in total. The van der Waals surface area contributed by atoms with Crippen LogP contribution in [0, 0.1) is 6.92 Å². The number of aromatic nitrogens is 2. The van der Waals surface area contributed by atoms with Crippen molar-refractivity contribution in [2.24, 2.45) is 0 Å². The van der Waals surface area contributed by atoms with Crippen LogP contribution in [0.1, 0.15) is 36.6 Å². The molecule has 148 valence electrons. The van der Waals surface area contributed by atoms with Crippen molar-refractivity contribution < 1.29 is 14.3 Å². The van der Waals surface area contributed by atoms with Crippen LogP contribution in [0.3, 0.4) is 0 Å². The molecule has 1 amide bonds. The minimum atomic E-state index is -0.798. The fraction of sp³-hybridized carbons (Fsp3) is 0.381. The molecule has 1 unspecified atom stereocenters. The Morgan fingerprint density at radius 1 is 1.25 bits per heavy atom. The molecule has 0 saturated carbocycles. The number of halogens is 1. The second kappa shape index (κ2) is 9.06. The van der Waals surface area contributed by atoms with Gasteiger partial charge in [0.2, 0.25) is 0 Å². The molecule has 0 aliphatic carbocycles. The van der Waals surface area contributed by atoms with Crippen LogP contribution < -0.4 is 0 Å². The molecule has 1 aromatic carbocycles. The first-order valence-electron chi connectivity index (χ1n) is 9.40. The molecule has 1 saturated heterocycles. The molecule has 0 spiro atoms. The number of hydrogen-bond donors (Lipinski definition) is 0. The zero-order valence-electron chi connectivity index (χ0n) is 16.1. The maximum atomic E-state index is 12.2. The number of aryl methyl sites for hydroxylation is 1. The van der Waals surface area contributed by atoms with E-state index in [0.29, 0.717) is 23.0 Å². The van der Waals surface area contributed by atoms with Crippen molar-refractivity contribution in [3.8, 4) is 0 Å². The lowest BCUT2D eigenvalue weighted by atomic mass is 10.2. The van der Waals surface area contributed by atoms with Gasteiger partial charge < -0.3 is 9.64 Å². The van der Waals surface area contributed by atoms with Crippen LogP contribution in [-0.2, 0) is 20.9 Å². The number of ether oxygens (including phenoxy) is 1. The highest BCUT2D eigenvalue weighted by atomic mass is 35.5. The van der Waals surface area contributed by atoms with Crippen molar-refractivity contribution >= 4 is 29.6 Å². The Balaban J connectivity index is 1.63. The first kappa shape index (κ1) is 20.1. The summed E-state index contributed by atoms with van der Waals surface area (Å²) in [7, 11) is 0. The topological polar surface area (TPSA) is 64.4 Å². The van der Waals surface area contributed by atoms with Crippen LogP contribution >= 0.6 is 11.6 Å². The van der Waals surface area contributed by atoms with Crippen LogP contribution in [0.2, 0.25) is 5.15 Å². The van der Waals surface area contributed by atoms with Gasteiger partial charge in [-0.2, -0.15) is 5.10 Å². The van der Waals surface area contributed by atoms with E-state index in [1.54, 1.807) is 22.6 Å². The Bertz CT molecular complexity index is 871. The number of carbonyl (C=O) groups is 2. The number of hydrogen-bond acceptors (Lipinski definition) is 4. The minimum Gasteiger partial charge on any atom is -0.449 e. The van der Waals surface area contributed by atoms with Gasteiger partial charge in [0.15, 0.2) is 6.10 Å². The maximum Gasteiger partial charge on any atom is 0.331 e. The van der Waals surface area contributed by atoms with Gasteiger partial charge >= 0.3 is 5.97 Å². The van der Waals surface area contributed by atoms with Crippen LogP contribution in [-0.4, -0.2) is 45.8 Å². The molecule has 1 aromatic heterocycles. The van der Waals surface area contributed by atoms with Gasteiger partial charge in [-0.05, 0) is 38.3 Å². The third kappa shape index (κ3) is 4.81. The molecule has 2 aromatic rings. The van der Waals surface area contributed by atoms with Gasteiger partial charge in [0.1, 0.15) is 5.15 Å². The second-order valence-electron chi connectivity index (χ2n) is 6.88. The molecule has 7 heteroatoms. The lowest BCUT2D eigenvalue weighted by Gasteiger charge is -2.19. The highest BCUT2D eigenvalue weighted by Crippen LogP contribution is 2.22. The van der Waals surface area contributed by atoms with Gasteiger partial charge in [-0.15, -0.1) is 0 Å². The van der Waals surface area contributed by atoms with Gasteiger partial charge in [0.25, 0.3) is 5.91 Å². The summed E-state index contributed by atoms with van der Waals surface area (Å²) >= 11 is 6.44. The Morgan fingerprint density at radius 3 is 2.61 bits per heavy atom. The number of esters is 1. The fourth-order valence-electron chi connectivity index (χ4n) is 3.23. The zero-order valence-corrected chi connectivity index (χ0v) is 16.9. The molecule has 28 heavy (non-hydrogen) atoms. The molecular weight excluding hydrogens is 378 g/mol. The summed E-state index contributed by atoms with van der Waals surface area (Å²) in [6.07, 6.45) is 4.07. The molecule has 1 atom stereocenters. The SMILES string of the molecule is Cc1nn(Cc2ccccc2)c(Cl)c1C=CC(=O)OC(C)C(=O)N1CCCC1. The van der Waals surface area contributed by atoms with Crippen molar-refractivity contribution in [2.75, 3.05) is 13.1 Å². The van der Waals surface area contributed by atoms with E-state index in [2.05, 4.69) is 5.10 Å². The lowest BCUT2D eigenvalue weighted by molar-refractivity contribution is -0.154. The normalized spacial score (nSPS) is 15.2. The summed E-state index contributed by atoms with van der Waals surface area (Å²) < 4.78 is 6.93. The molecule has 3 rings (SSSR count). The van der Waals surface area contributed by atoms with Crippen molar-refractivity contribution in [1.29, 1.82) is 0 Å². The summed E-state index contributed by atoms with van der Waals surface area (Å²) in [6, 6.07) is 9.87. The highest BCUT2D eigenvalue weighted by molar-refractivity contribution is 6.31. The minimum absolute atomic E-state index is 0.149. The van der Waals surface area contributed by atoms with Gasteiger partial charge in [0.05, 0.1) is 12.2 Å².